The van der Waals surface area contributed by atoms with Crippen LogP contribution in [0.5, 0.6) is 0 Å². The van der Waals surface area contributed by atoms with Gasteiger partial charge in [-0.05, 0) is 61.8 Å². The third-order valence-corrected chi connectivity index (χ3v) is 9.38. The zero-order valence-electron chi connectivity index (χ0n) is 26.1. The van der Waals surface area contributed by atoms with E-state index in [9.17, 15) is 0 Å². The van der Waals surface area contributed by atoms with Crippen LogP contribution < -0.4 is 0 Å². The van der Waals surface area contributed by atoms with Gasteiger partial charge in [0.2, 0.25) is 0 Å². The number of rotatable bonds is 22. The van der Waals surface area contributed by atoms with Crippen LogP contribution in [-0.4, -0.2) is 19.9 Å². The van der Waals surface area contributed by atoms with Crippen molar-refractivity contribution in [3.05, 3.63) is 60.4 Å². The Balaban J connectivity index is 0.940. The van der Waals surface area contributed by atoms with Crippen molar-refractivity contribution in [2.45, 2.75) is 141 Å². The SMILES string of the molecule is c1cc(CCCCCCCCCC2CC2)ncc1-c1cnc(-c2ccc(CCCCCCCCCC3CC3)nc2)cn1. The third kappa shape index (κ3) is 11.6. The molecule has 0 saturated heterocycles. The standard InChI is InChI=1S/C38H54N4/c1(3-7-11-15-31-19-20-31)5-9-13-17-35-25-23-33(27-39-35)37-29-42-38(30-41-37)34-24-26-36(40-28-34)18-14-10-6-2-4-8-12-16-32-21-22-32/h23-32H,1-22H2. The molecule has 5 rings (SSSR count). The summed E-state index contributed by atoms with van der Waals surface area (Å²) in [5, 5.41) is 0. The molecular weight excluding hydrogens is 512 g/mol. The zero-order valence-corrected chi connectivity index (χ0v) is 26.1. The lowest BCUT2D eigenvalue weighted by Crippen LogP contribution is -1.94. The average molecular weight is 567 g/mol. The topological polar surface area (TPSA) is 51.6 Å². The van der Waals surface area contributed by atoms with Gasteiger partial charge in [0.1, 0.15) is 0 Å². The highest BCUT2D eigenvalue weighted by molar-refractivity contribution is 5.61. The number of pyridine rings is 2. The normalized spacial score (nSPS) is 14.9. The van der Waals surface area contributed by atoms with Crippen LogP contribution in [0.1, 0.15) is 140 Å². The summed E-state index contributed by atoms with van der Waals surface area (Å²) in [6.45, 7) is 0. The van der Waals surface area contributed by atoms with Crippen LogP contribution in [0.4, 0.5) is 0 Å². The number of aromatic nitrogens is 4. The number of unbranched alkanes of at least 4 members (excludes halogenated alkanes) is 12. The van der Waals surface area contributed by atoms with Crippen molar-refractivity contribution in [3.8, 4) is 22.5 Å². The summed E-state index contributed by atoms with van der Waals surface area (Å²) in [5.74, 6) is 2.19. The molecule has 0 spiro atoms. The van der Waals surface area contributed by atoms with Gasteiger partial charge in [-0.25, -0.2) is 0 Å². The van der Waals surface area contributed by atoms with Gasteiger partial charge in [0, 0.05) is 34.9 Å². The predicted octanol–water partition coefficient (Wildman–Crippen LogP) is 10.7. The van der Waals surface area contributed by atoms with E-state index in [2.05, 4.69) is 34.2 Å². The Hall–Kier alpha value is -2.62. The summed E-state index contributed by atoms with van der Waals surface area (Å²) in [7, 11) is 0. The van der Waals surface area contributed by atoms with E-state index in [1.54, 1.807) is 0 Å². The molecule has 0 radical (unpaired) electrons. The molecule has 0 bridgehead atoms. The minimum absolute atomic E-state index is 0.868. The van der Waals surface area contributed by atoms with E-state index in [0.717, 1.165) is 47.2 Å². The maximum atomic E-state index is 4.71. The molecule has 0 N–H and O–H groups in total. The van der Waals surface area contributed by atoms with Crippen molar-refractivity contribution in [3.63, 3.8) is 0 Å². The van der Waals surface area contributed by atoms with Crippen LogP contribution >= 0.6 is 0 Å². The molecule has 3 aromatic heterocycles. The number of aryl methyl sites for hydroxylation is 2. The Bertz CT molecular complexity index is 1040. The van der Waals surface area contributed by atoms with Crippen molar-refractivity contribution in [1.82, 2.24) is 19.9 Å². The zero-order chi connectivity index (χ0) is 28.7. The van der Waals surface area contributed by atoms with Gasteiger partial charge in [-0.15, -0.1) is 0 Å². The van der Waals surface area contributed by atoms with Crippen molar-refractivity contribution in [2.75, 3.05) is 0 Å². The number of hydrogen-bond donors (Lipinski definition) is 0. The van der Waals surface area contributed by atoms with Crippen LogP contribution in [0.15, 0.2) is 49.1 Å². The molecule has 0 aromatic carbocycles. The quantitative estimate of drug-likeness (QED) is 0.113. The Kier molecular flexibility index (Phi) is 12.8. The Morgan fingerprint density at radius 3 is 1.12 bits per heavy atom. The van der Waals surface area contributed by atoms with Gasteiger partial charge in [-0.1, -0.05) is 116 Å². The second kappa shape index (κ2) is 17.5. The summed E-state index contributed by atoms with van der Waals surface area (Å²) < 4.78 is 0. The Morgan fingerprint density at radius 2 is 0.786 bits per heavy atom. The highest BCUT2D eigenvalue weighted by atomic mass is 14.8. The molecule has 0 amide bonds. The summed E-state index contributed by atoms with van der Waals surface area (Å²) in [6.07, 6.45) is 38.0. The Labute approximate surface area is 255 Å². The third-order valence-electron chi connectivity index (χ3n) is 9.38. The molecule has 0 atom stereocenters. The molecule has 2 saturated carbocycles. The van der Waals surface area contributed by atoms with Crippen LogP contribution in [0.25, 0.3) is 22.5 Å². The molecule has 0 unspecified atom stereocenters. The fourth-order valence-corrected chi connectivity index (χ4v) is 6.13. The number of nitrogens with zero attached hydrogens (tertiary/aromatic N) is 4. The van der Waals surface area contributed by atoms with E-state index in [1.807, 2.05) is 24.8 Å². The fraction of sp³-hybridized carbons (Fsp3) is 0.632. The monoisotopic (exact) mass is 566 g/mol. The molecule has 3 heterocycles. The highest BCUT2D eigenvalue weighted by Gasteiger charge is 2.20. The molecular formula is C38H54N4. The van der Waals surface area contributed by atoms with Gasteiger partial charge in [-0.3, -0.25) is 19.9 Å². The largest absolute Gasteiger partial charge is 0.261 e. The second-order valence-corrected chi connectivity index (χ2v) is 13.3. The molecule has 4 heteroatoms. The summed E-state index contributed by atoms with van der Waals surface area (Å²) in [6, 6.07) is 8.58. The van der Waals surface area contributed by atoms with Gasteiger partial charge in [0.15, 0.2) is 0 Å². The van der Waals surface area contributed by atoms with Gasteiger partial charge in [-0.2, -0.15) is 0 Å². The molecule has 3 aromatic rings. The van der Waals surface area contributed by atoms with E-state index in [0.29, 0.717) is 0 Å². The first-order chi connectivity index (χ1) is 20.8. The lowest BCUT2D eigenvalue weighted by atomic mass is 10.0. The smallest absolute Gasteiger partial charge is 0.0901 e. The molecule has 2 aliphatic rings. The molecule has 42 heavy (non-hydrogen) atoms. The van der Waals surface area contributed by atoms with Crippen LogP contribution in [0.3, 0.4) is 0 Å². The van der Waals surface area contributed by atoms with Crippen LogP contribution in [0, 0.1) is 11.8 Å². The summed E-state index contributed by atoms with van der Waals surface area (Å²) >= 11 is 0. The molecule has 2 fully saturated rings. The maximum Gasteiger partial charge on any atom is 0.0901 e. The summed E-state index contributed by atoms with van der Waals surface area (Å²) in [4.78, 5) is 18.8. The predicted molar refractivity (Wildman–Crippen MR) is 175 cm³/mol. The first-order valence-corrected chi connectivity index (χ1v) is 17.6. The molecule has 226 valence electrons. The fourth-order valence-electron chi connectivity index (χ4n) is 6.13. The summed E-state index contributed by atoms with van der Waals surface area (Å²) in [5.41, 5.74) is 6.14. The lowest BCUT2D eigenvalue weighted by molar-refractivity contribution is 0.552. The first kappa shape index (κ1) is 30.8. The van der Waals surface area contributed by atoms with Crippen molar-refractivity contribution in [2.24, 2.45) is 11.8 Å². The van der Waals surface area contributed by atoms with E-state index in [-0.39, 0.29) is 0 Å². The number of hydrogen-bond acceptors (Lipinski definition) is 4. The van der Waals surface area contributed by atoms with Crippen molar-refractivity contribution < 1.29 is 0 Å². The Morgan fingerprint density at radius 1 is 0.405 bits per heavy atom. The van der Waals surface area contributed by atoms with Gasteiger partial charge in [0.25, 0.3) is 0 Å². The van der Waals surface area contributed by atoms with Crippen LogP contribution in [-0.2, 0) is 12.8 Å². The molecule has 2 aliphatic carbocycles. The highest BCUT2D eigenvalue weighted by Crippen LogP contribution is 2.34. The minimum Gasteiger partial charge on any atom is -0.261 e. The van der Waals surface area contributed by atoms with E-state index < -0.39 is 0 Å². The van der Waals surface area contributed by atoms with Crippen molar-refractivity contribution in [1.29, 1.82) is 0 Å². The van der Waals surface area contributed by atoms with Crippen molar-refractivity contribution >= 4 is 0 Å². The maximum absolute atomic E-state index is 4.71. The minimum atomic E-state index is 0.868. The van der Waals surface area contributed by atoms with E-state index in [4.69, 9.17) is 9.97 Å². The lowest BCUT2D eigenvalue weighted by Gasteiger charge is -2.06. The molecule has 4 nitrogen and oxygen atoms in total. The second-order valence-electron chi connectivity index (χ2n) is 13.3. The first-order valence-electron chi connectivity index (χ1n) is 17.6. The van der Waals surface area contributed by atoms with E-state index >= 15 is 0 Å². The average Bonchev–Trinajstić information content (AvgIpc) is 3.97. The van der Waals surface area contributed by atoms with E-state index in [1.165, 1.54) is 140 Å². The van der Waals surface area contributed by atoms with Gasteiger partial charge in [0.05, 0.1) is 23.8 Å². The van der Waals surface area contributed by atoms with Gasteiger partial charge < -0.3 is 0 Å². The molecule has 0 aliphatic heterocycles. The van der Waals surface area contributed by atoms with Crippen LogP contribution in [0.2, 0.25) is 0 Å². The van der Waals surface area contributed by atoms with Gasteiger partial charge >= 0.3 is 0 Å².